The van der Waals surface area contributed by atoms with Gasteiger partial charge in [-0.25, -0.2) is 19.6 Å². The molecule has 0 aliphatic heterocycles. The minimum absolute atomic E-state index is 0. The maximum Gasteiger partial charge on any atom is 0.526 e. The molecule has 0 aliphatic carbocycles. The Morgan fingerprint density at radius 2 is 0.884 bits per heavy atom. The smallest absolute Gasteiger partial charge is 0.245 e. The van der Waals surface area contributed by atoms with Gasteiger partial charge in [-0.15, -0.1) is 0 Å². The van der Waals surface area contributed by atoms with Crippen LogP contribution in [0.25, 0.3) is 32.3 Å². The Bertz CT molecular complexity index is 1820. The summed E-state index contributed by atoms with van der Waals surface area (Å²) in [6.45, 7) is 6.50. The van der Waals surface area contributed by atoms with Crippen LogP contribution in [-0.4, -0.2) is 13.9 Å². The van der Waals surface area contributed by atoms with Crippen LogP contribution in [0.1, 0.15) is 0 Å². The van der Waals surface area contributed by atoms with Crippen LogP contribution in [-0.2, 0) is 34.5 Å². The maximum atomic E-state index is 14.2. The predicted octanol–water partition coefficient (Wildman–Crippen LogP) is 8.23. The molecule has 0 amide bonds. The average Bonchev–Trinajstić information content (AvgIpc) is 2.99. The summed E-state index contributed by atoms with van der Waals surface area (Å²) in [6, 6.07) is 37.5. The van der Waals surface area contributed by atoms with Gasteiger partial charge in [0.1, 0.15) is 15.9 Å². The first-order chi connectivity index (χ1) is 20.1. The summed E-state index contributed by atoms with van der Waals surface area (Å²) in [4.78, 5) is 0. The third kappa shape index (κ3) is 6.00. The van der Waals surface area contributed by atoms with E-state index in [9.17, 15) is 21.6 Å². The molecule has 43 heavy (non-hydrogen) atoms. The number of fused-ring (bicyclic) bond motifs is 3. The van der Waals surface area contributed by atoms with Crippen LogP contribution in [0.4, 0.5) is 13.2 Å². The van der Waals surface area contributed by atoms with Gasteiger partial charge in [-0.3, -0.25) is 0 Å². The second-order valence-corrected chi connectivity index (χ2v) is 14.0. The van der Waals surface area contributed by atoms with Gasteiger partial charge in [-0.2, -0.15) is 21.6 Å². The summed E-state index contributed by atoms with van der Waals surface area (Å²) in [5.41, 5.74) is -5.63. The zero-order valence-electron chi connectivity index (χ0n) is 22.6. The quantitative estimate of drug-likeness (QED) is 0.0785. The molecule has 0 unspecified atom stereocenters. The molecule has 0 fully saturated rings. The third-order valence-corrected chi connectivity index (χ3v) is 12.3. The van der Waals surface area contributed by atoms with Crippen LogP contribution in [0, 0.1) is 6.92 Å². The third-order valence-electron chi connectivity index (χ3n) is 6.81. The number of hydrogen-bond acceptors (Lipinski definition) is 3. The average molecular weight is 709 g/mol. The van der Waals surface area contributed by atoms with Crippen LogP contribution in [0.5, 0.6) is 0 Å². The van der Waals surface area contributed by atoms with E-state index in [1.54, 1.807) is 72.8 Å². The zero-order chi connectivity index (χ0) is 30.0. The van der Waals surface area contributed by atoms with Gasteiger partial charge in [0.15, 0.2) is 0 Å². The Labute approximate surface area is 263 Å². The van der Waals surface area contributed by atoms with Crippen LogP contribution in [0.2, 0.25) is 0 Å². The van der Waals surface area contributed by atoms with E-state index in [2.05, 4.69) is 13.5 Å². The minimum atomic E-state index is -6.06. The van der Waals surface area contributed by atoms with Gasteiger partial charge < -0.3 is 0 Å². The van der Waals surface area contributed by atoms with E-state index in [0.29, 0.717) is 32.1 Å². The summed E-state index contributed by atoms with van der Waals surface area (Å²) in [5, 5.41) is 5.29. The predicted molar refractivity (Wildman–Crippen MR) is 169 cm³/mol. The van der Waals surface area contributed by atoms with Crippen LogP contribution in [0.15, 0.2) is 140 Å². The fourth-order valence-corrected chi connectivity index (χ4v) is 10.9. The Balaban J connectivity index is 0.00000102. The Kier molecular flexibility index (Phi) is 9.81. The van der Waals surface area contributed by atoms with Crippen molar-refractivity contribution in [3.8, 4) is 0 Å². The molecule has 6 aromatic rings. The first-order valence-electron chi connectivity index (χ1n) is 12.9. The first-order valence-corrected chi connectivity index (χ1v) is 16.0. The van der Waals surface area contributed by atoms with Crippen LogP contribution < -0.4 is 15.9 Å². The van der Waals surface area contributed by atoms with Crippen molar-refractivity contribution >= 4 is 65.8 Å². The van der Waals surface area contributed by atoms with Crippen molar-refractivity contribution in [2.45, 2.75) is 5.51 Å². The normalized spacial score (nSPS) is 11.9. The van der Waals surface area contributed by atoms with Gasteiger partial charge in [0.2, 0.25) is 0 Å². The van der Waals surface area contributed by atoms with Crippen molar-refractivity contribution in [2.75, 3.05) is 0 Å². The summed E-state index contributed by atoms with van der Waals surface area (Å²) in [5.74, 6) is 0. The zero-order valence-corrected chi connectivity index (χ0v) is 25.9. The summed E-state index contributed by atoms with van der Waals surface area (Å²) in [6.07, 6.45) is 1.50. The van der Waals surface area contributed by atoms with Crippen LogP contribution in [0.3, 0.4) is 0 Å². The molecule has 0 N–H and O–H groups in total. The fourth-order valence-electron chi connectivity index (χ4n) is 5.15. The van der Waals surface area contributed by atoms with Crippen molar-refractivity contribution in [3.63, 3.8) is 0 Å². The number of benzene rings is 6. The Morgan fingerprint density at radius 3 is 1.19 bits per heavy atom. The second kappa shape index (κ2) is 13.0. The molecule has 0 aromatic heterocycles. The molecule has 222 valence electrons. The Hall–Kier alpha value is -3.50. The summed E-state index contributed by atoms with van der Waals surface area (Å²) in [7, 11) is -10.1. The number of halogens is 3. The van der Waals surface area contributed by atoms with Crippen molar-refractivity contribution in [1.29, 1.82) is 0 Å². The monoisotopic (exact) mass is 708 g/mol. The number of hydrogen-bond donors (Lipinski definition) is 0. The molecule has 0 heterocycles. The van der Waals surface area contributed by atoms with Gasteiger partial charge in [0, 0.05) is 36.6 Å². The molecule has 0 spiro atoms. The van der Waals surface area contributed by atoms with Gasteiger partial charge in [0.05, 0.1) is 0 Å². The van der Waals surface area contributed by atoms with Gasteiger partial charge >= 0.3 is 15.6 Å². The largest absolute Gasteiger partial charge is 0.526 e. The molecule has 9 heteroatoms. The molecule has 6 rings (SSSR count). The first kappa shape index (κ1) is 32.4. The van der Waals surface area contributed by atoms with Crippen molar-refractivity contribution in [1.82, 2.24) is 0 Å². The molecule has 3 nitrogen and oxygen atoms in total. The van der Waals surface area contributed by atoms with Gasteiger partial charge in [0.25, 0.3) is 7.49 Å². The van der Waals surface area contributed by atoms with E-state index < -0.39 is 23.1 Å². The summed E-state index contributed by atoms with van der Waals surface area (Å²) < 4.78 is 74.4. The number of rotatable bonds is 5. The topological polar surface area (TPSA) is 43.4 Å². The van der Waals surface area contributed by atoms with Gasteiger partial charge in [-0.1, -0.05) is 113 Å². The Morgan fingerprint density at radius 1 is 0.605 bits per heavy atom. The number of allylic oxidation sites excluding steroid dienone is 1. The van der Waals surface area contributed by atoms with Crippen LogP contribution >= 0.6 is 7.49 Å². The minimum Gasteiger partial charge on any atom is -0.245 e. The summed E-state index contributed by atoms with van der Waals surface area (Å²) >= 11 is 0. The van der Waals surface area contributed by atoms with E-state index >= 15 is 0 Å². The van der Waals surface area contributed by atoms with E-state index in [1.165, 1.54) is 6.08 Å². The standard InChI is InChI=1S/C31H21F3O3PS.C3H5.Pd/c32-31(33,34)39(35,36)37-38(28-19-7-13-22-10-1-4-16-25(22)28,29-20-8-14-23-11-2-5-17-26(23)29)30-21-9-15-24-12-3-6-18-27(24)30;1-3-2;/h1-21H;3H,1-2H2;/q+1;-1;. The fraction of sp³-hybridized carbons (Fsp3) is 0.0294. The molecule has 0 radical (unpaired) electrons. The van der Waals surface area contributed by atoms with E-state index in [1.807, 2.05) is 54.6 Å². The molecule has 0 atom stereocenters. The van der Waals surface area contributed by atoms with Gasteiger partial charge in [-0.05, 0) is 34.4 Å². The molecule has 6 aromatic carbocycles. The number of alkyl halides is 3. The SMILES string of the molecule is C=C[CH2-].O=S(=O)(O[P+](c1cccc2ccccc12)(c1cccc2ccccc12)c1cccc2ccccc12)C(F)(F)F.[Pd]. The molecule has 0 aliphatic rings. The molecule has 0 saturated heterocycles. The van der Waals surface area contributed by atoms with Crippen molar-refractivity contribution < 1.29 is 46.0 Å². The van der Waals surface area contributed by atoms with E-state index in [4.69, 9.17) is 3.97 Å². The molecular formula is C34H26F3O3PPdS. The van der Waals surface area contributed by atoms with E-state index in [-0.39, 0.29) is 20.4 Å². The van der Waals surface area contributed by atoms with Crippen molar-refractivity contribution in [3.05, 3.63) is 147 Å². The van der Waals surface area contributed by atoms with Crippen molar-refractivity contribution in [2.24, 2.45) is 0 Å². The second-order valence-electron chi connectivity index (χ2n) is 9.37. The van der Waals surface area contributed by atoms with E-state index in [0.717, 1.165) is 16.2 Å². The molecular weight excluding hydrogens is 683 g/mol. The molecule has 0 bridgehead atoms. The molecule has 0 saturated carbocycles. The maximum absolute atomic E-state index is 14.2.